The number of ether oxygens (including phenoxy) is 2. The number of hydrogen-bond acceptors (Lipinski definition) is 5. The lowest BCUT2D eigenvalue weighted by atomic mass is 10.3. The summed E-state index contributed by atoms with van der Waals surface area (Å²) < 4.78 is 49.0. The maximum Gasteiger partial charge on any atom is 0.336 e. The largest absolute Gasteiger partial charge is 0.467 e. The number of benzene rings is 1. The van der Waals surface area contributed by atoms with Crippen molar-refractivity contribution in [1.29, 1.82) is 0 Å². The van der Waals surface area contributed by atoms with Crippen LogP contribution in [0, 0.1) is 5.82 Å². The van der Waals surface area contributed by atoms with Crippen molar-refractivity contribution >= 4 is 16.0 Å². The Kier molecular flexibility index (Phi) is 4.36. The fraction of sp³-hybridized carbons (Fsp3) is 0.417. The van der Waals surface area contributed by atoms with E-state index < -0.39 is 32.8 Å². The smallest absolute Gasteiger partial charge is 0.336 e. The molecule has 2 rings (SSSR count). The van der Waals surface area contributed by atoms with Crippen molar-refractivity contribution in [3.63, 3.8) is 0 Å². The van der Waals surface area contributed by atoms with Crippen molar-refractivity contribution in [2.75, 3.05) is 26.8 Å². The van der Waals surface area contributed by atoms with Crippen LogP contribution in [0.15, 0.2) is 29.2 Å². The number of hydrogen-bond donors (Lipinski definition) is 0. The molecule has 0 amide bonds. The highest BCUT2D eigenvalue weighted by Gasteiger charge is 2.35. The Labute approximate surface area is 116 Å². The first-order valence-corrected chi connectivity index (χ1v) is 7.35. The minimum Gasteiger partial charge on any atom is -0.467 e. The summed E-state index contributed by atoms with van der Waals surface area (Å²) >= 11 is 0. The second kappa shape index (κ2) is 5.86. The Morgan fingerprint density at radius 3 is 2.80 bits per heavy atom. The average molecular weight is 303 g/mol. The third kappa shape index (κ3) is 2.82. The zero-order valence-corrected chi connectivity index (χ0v) is 11.6. The lowest BCUT2D eigenvalue weighted by Crippen LogP contribution is -2.48. The first kappa shape index (κ1) is 14.9. The SMILES string of the molecule is COC(=O)C1CN(S(=O)(=O)c2ccccc2F)CCO1. The molecule has 0 N–H and O–H groups in total. The lowest BCUT2D eigenvalue weighted by Gasteiger charge is -2.30. The number of sulfonamides is 1. The standard InChI is InChI=1S/C12H14FNO5S/c1-18-12(15)10-8-14(6-7-19-10)20(16,17)11-5-3-2-4-9(11)13/h2-5,10H,6-8H2,1H3. The molecule has 1 saturated heterocycles. The molecule has 110 valence electrons. The summed E-state index contributed by atoms with van der Waals surface area (Å²) in [4.78, 5) is 11.0. The molecule has 0 spiro atoms. The lowest BCUT2D eigenvalue weighted by molar-refractivity contribution is -0.157. The summed E-state index contributed by atoms with van der Waals surface area (Å²) in [6, 6.07) is 5.11. The van der Waals surface area contributed by atoms with E-state index in [1.807, 2.05) is 0 Å². The molecule has 0 aliphatic carbocycles. The summed E-state index contributed by atoms with van der Waals surface area (Å²) in [6.45, 7) is -0.0824. The average Bonchev–Trinajstić information content (AvgIpc) is 2.47. The molecule has 1 atom stereocenters. The van der Waals surface area contributed by atoms with Gasteiger partial charge in [-0.2, -0.15) is 4.31 Å². The molecule has 1 aliphatic rings. The highest BCUT2D eigenvalue weighted by molar-refractivity contribution is 7.89. The predicted molar refractivity (Wildman–Crippen MR) is 66.9 cm³/mol. The molecule has 1 aromatic carbocycles. The zero-order chi connectivity index (χ0) is 14.8. The van der Waals surface area contributed by atoms with Gasteiger partial charge in [0.1, 0.15) is 10.7 Å². The first-order chi connectivity index (χ1) is 9.46. The van der Waals surface area contributed by atoms with Crippen LogP contribution in [0.4, 0.5) is 4.39 Å². The molecular formula is C12H14FNO5S. The van der Waals surface area contributed by atoms with E-state index in [0.717, 1.165) is 10.4 Å². The fourth-order valence-corrected chi connectivity index (χ4v) is 3.40. The number of carbonyl (C=O) groups excluding carboxylic acids is 1. The molecule has 1 fully saturated rings. The Balaban J connectivity index is 2.26. The molecule has 1 heterocycles. The highest BCUT2D eigenvalue weighted by Crippen LogP contribution is 2.21. The number of halogens is 1. The molecule has 0 bridgehead atoms. The summed E-state index contributed by atoms with van der Waals surface area (Å²) in [5, 5.41) is 0. The minimum absolute atomic E-state index is 0.0491. The van der Waals surface area contributed by atoms with Crippen molar-refractivity contribution < 1.29 is 27.1 Å². The van der Waals surface area contributed by atoms with Gasteiger partial charge in [-0.1, -0.05) is 12.1 Å². The number of methoxy groups -OCH3 is 1. The third-order valence-electron chi connectivity index (χ3n) is 2.95. The fourth-order valence-electron chi connectivity index (χ4n) is 1.91. The van der Waals surface area contributed by atoms with Gasteiger partial charge in [-0.25, -0.2) is 17.6 Å². The van der Waals surface area contributed by atoms with Crippen LogP contribution in [0.5, 0.6) is 0 Å². The van der Waals surface area contributed by atoms with Gasteiger partial charge in [-0.15, -0.1) is 0 Å². The molecule has 1 aliphatic heterocycles. The highest BCUT2D eigenvalue weighted by atomic mass is 32.2. The Morgan fingerprint density at radius 1 is 1.45 bits per heavy atom. The van der Waals surface area contributed by atoms with Gasteiger partial charge in [0.2, 0.25) is 10.0 Å². The third-order valence-corrected chi connectivity index (χ3v) is 4.85. The van der Waals surface area contributed by atoms with Gasteiger partial charge in [-0.3, -0.25) is 0 Å². The summed E-state index contributed by atoms with van der Waals surface area (Å²) in [5.41, 5.74) is 0. The number of morpholine rings is 1. The van der Waals surface area contributed by atoms with Crippen molar-refractivity contribution in [2.24, 2.45) is 0 Å². The van der Waals surface area contributed by atoms with Gasteiger partial charge in [-0.05, 0) is 12.1 Å². The van der Waals surface area contributed by atoms with E-state index in [9.17, 15) is 17.6 Å². The van der Waals surface area contributed by atoms with Crippen LogP contribution in [0.25, 0.3) is 0 Å². The van der Waals surface area contributed by atoms with Crippen LogP contribution in [0.1, 0.15) is 0 Å². The van der Waals surface area contributed by atoms with E-state index in [-0.39, 0.29) is 19.7 Å². The number of rotatable bonds is 3. The molecule has 6 nitrogen and oxygen atoms in total. The summed E-state index contributed by atoms with van der Waals surface area (Å²) in [7, 11) is -2.81. The van der Waals surface area contributed by atoms with Gasteiger partial charge < -0.3 is 9.47 Å². The first-order valence-electron chi connectivity index (χ1n) is 5.91. The zero-order valence-electron chi connectivity index (χ0n) is 10.8. The van der Waals surface area contributed by atoms with Crippen molar-refractivity contribution in [1.82, 2.24) is 4.31 Å². The Morgan fingerprint density at radius 2 is 2.15 bits per heavy atom. The number of nitrogens with zero attached hydrogens (tertiary/aromatic N) is 1. The maximum absolute atomic E-state index is 13.6. The van der Waals surface area contributed by atoms with E-state index in [4.69, 9.17) is 4.74 Å². The van der Waals surface area contributed by atoms with E-state index >= 15 is 0 Å². The van der Waals surface area contributed by atoms with Crippen LogP contribution in [0.3, 0.4) is 0 Å². The number of esters is 1. The molecule has 1 aromatic rings. The van der Waals surface area contributed by atoms with Crippen LogP contribution < -0.4 is 0 Å². The Hall–Kier alpha value is -1.51. The summed E-state index contributed by atoms with van der Waals surface area (Å²) in [6.07, 6.45) is -0.990. The van der Waals surface area contributed by atoms with Crippen LogP contribution in [-0.4, -0.2) is 51.6 Å². The van der Waals surface area contributed by atoms with Gasteiger partial charge in [0.05, 0.1) is 20.3 Å². The van der Waals surface area contributed by atoms with E-state index in [0.29, 0.717) is 0 Å². The van der Waals surface area contributed by atoms with E-state index in [1.54, 1.807) is 0 Å². The normalized spacial score (nSPS) is 20.6. The topological polar surface area (TPSA) is 72.9 Å². The Bertz CT molecular complexity index is 604. The van der Waals surface area contributed by atoms with Crippen LogP contribution in [0.2, 0.25) is 0 Å². The van der Waals surface area contributed by atoms with Gasteiger partial charge in [0.25, 0.3) is 0 Å². The van der Waals surface area contributed by atoms with Gasteiger partial charge in [0, 0.05) is 6.54 Å². The van der Waals surface area contributed by atoms with Gasteiger partial charge >= 0.3 is 5.97 Å². The van der Waals surface area contributed by atoms with Crippen molar-refractivity contribution in [2.45, 2.75) is 11.0 Å². The van der Waals surface area contributed by atoms with Crippen molar-refractivity contribution in [3.05, 3.63) is 30.1 Å². The monoisotopic (exact) mass is 303 g/mol. The number of carbonyl (C=O) groups is 1. The quantitative estimate of drug-likeness (QED) is 0.755. The predicted octanol–water partition coefficient (Wildman–Crippen LogP) is 0.388. The van der Waals surface area contributed by atoms with Crippen molar-refractivity contribution in [3.8, 4) is 0 Å². The summed E-state index contributed by atoms with van der Waals surface area (Å²) in [5.74, 6) is -1.48. The molecule has 0 aromatic heterocycles. The van der Waals surface area contributed by atoms with E-state index in [1.165, 1.54) is 25.3 Å². The molecule has 8 heteroatoms. The second-order valence-electron chi connectivity index (χ2n) is 4.18. The van der Waals surface area contributed by atoms with E-state index in [2.05, 4.69) is 4.74 Å². The second-order valence-corrected chi connectivity index (χ2v) is 6.08. The molecule has 20 heavy (non-hydrogen) atoms. The minimum atomic E-state index is -4.00. The van der Waals surface area contributed by atoms with Crippen LogP contribution in [-0.2, 0) is 24.3 Å². The molecular weight excluding hydrogens is 289 g/mol. The van der Waals surface area contributed by atoms with Gasteiger partial charge in [0.15, 0.2) is 6.10 Å². The molecule has 0 saturated carbocycles. The molecule has 0 radical (unpaired) electrons. The molecule has 1 unspecified atom stereocenters. The van der Waals surface area contributed by atoms with Crippen LogP contribution >= 0.6 is 0 Å². The maximum atomic E-state index is 13.6.